The van der Waals surface area contributed by atoms with Gasteiger partial charge < -0.3 is 25.5 Å². The Morgan fingerprint density at radius 3 is 2.24 bits per heavy atom. The summed E-state index contributed by atoms with van der Waals surface area (Å²) in [6.07, 6.45) is 3.48. The predicted octanol–water partition coefficient (Wildman–Crippen LogP) is 3.67. The van der Waals surface area contributed by atoms with Crippen LogP contribution in [0.3, 0.4) is 0 Å². The first-order valence-electron chi connectivity index (χ1n) is 14.6. The number of carboxylic acids is 1. The summed E-state index contributed by atoms with van der Waals surface area (Å²) in [4.78, 5) is 53.1. The maximum absolute atomic E-state index is 13.9. The van der Waals surface area contributed by atoms with Crippen molar-refractivity contribution in [3.8, 4) is 0 Å². The molecule has 0 unspecified atom stereocenters. The van der Waals surface area contributed by atoms with Crippen molar-refractivity contribution in [1.29, 1.82) is 0 Å². The molecule has 1 aliphatic carbocycles. The molecule has 0 radical (unpaired) electrons. The lowest BCUT2D eigenvalue weighted by Crippen LogP contribution is -2.61. The number of fused-ring (bicyclic) bond motifs is 1. The first-order valence-corrected chi connectivity index (χ1v) is 14.6. The Kier molecular flexibility index (Phi) is 7.24. The average Bonchev–Trinajstić information content (AvgIpc) is 3.17. The van der Waals surface area contributed by atoms with Crippen LogP contribution >= 0.6 is 0 Å². The van der Waals surface area contributed by atoms with Crippen molar-refractivity contribution in [2.75, 3.05) is 36.0 Å². The molecule has 41 heavy (non-hydrogen) atoms. The highest BCUT2D eigenvalue weighted by atomic mass is 16.4. The van der Waals surface area contributed by atoms with Crippen LogP contribution in [0.5, 0.6) is 0 Å². The lowest BCUT2D eigenvalue weighted by molar-refractivity contribution is -0.122. The van der Waals surface area contributed by atoms with Gasteiger partial charge in [0, 0.05) is 43.6 Å². The molecule has 3 aliphatic rings. The van der Waals surface area contributed by atoms with Crippen LogP contribution in [-0.2, 0) is 10.2 Å². The van der Waals surface area contributed by atoms with E-state index in [-0.39, 0.29) is 28.7 Å². The van der Waals surface area contributed by atoms with Gasteiger partial charge in [-0.05, 0) is 77.1 Å². The zero-order valence-electron chi connectivity index (χ0n) is 25.0. The monoisotopic (exact) mass is 562 g/mol. The average molecular weight is 563 g/mol. The third-order valence-electron chi connectivity index (χ3n) is 9.22. The van der Waals surface area contributed by atoms with E-state index in [1.54, 1.807) is 13.8 Å². The Morgan fingerprint density at radius 1 is 0.976 bits per heavy atom. The Hall–Kier alpha value is -3.69. The molecule has 0 atom stereocenters. The molecule has 2 aromatic heterocycles. The number of hydrogen-bond acceptors (Lipinski definition) is 7. The van der Waals surface area contributed by atoms with E-state index < -0.39 is 11.5 Å². The van der Waals surface area contributed by atoms with E-state index >= 15 is 0 Å². The molecule has 1 saturated carbocycles. The maximum Gasteiger partial charge on any atom is 0.337 e. The molecular formula is C31H42N6O4. The lowest BCUT2D eigenvalue weighted by atomic mass is 9.84. The van der Waals surface area contributed by atoms with E-state index in [0.717, 1.165) is 49.4 Å². The van der Waals surface area contributed by atoms with Crippen molar-refractivity contribution in [2.24, 2.45) is 11.7 Å². The normalized spacial score (nSPS) is 23.3. The number of nitrogens with two attached hydrogens (primary N) is 1. The SMILES string of the molecule is Cc1cc(N2CCN(C(=O)c3ccc4c(n3)C(C)(C)CN4C3CCC(C(N)=O)CC3)C(C)(C)C2)nc(C)c1C(=O)O. The molecule has 2 aromatic rings. The summed E-state index contributed by atoms with van der Waals surface area (Å²) in [7, 11) is 0. The first-order chi connectivity index (χ1) is 19.2. The van der Waals surface area contributed by atoms with Crippen molar-refractivity contribution < 1.29 is 19.5 Å². The Morgan fingerprint density at radius 2 is 1.66 bits per heavy atom. The van der Waals surface area contributed by atoms with Crippen molar-refractivity contribution in [3.63, 3.8) is 0 Å². The molecule has 4 heterocycles. The summed E-state index contributed by atoms with van der Waals surface area (Å²) in [5.74, 6) is -0.561. The van der Waals surface area contributed by atoms with Crippen LogP contribution in [0, 0.1) is 19.8 Å². The molecule has 5 rings (SSSR count). The molecule has 2 aliphatic heterocycles. The second-order valence-electron chi connectivity index (χ2n) is 13.2. The van der Waals surface area contributed by atoms with E-state index in [9.17, 15) is 19.5 Å². The van der Waals surface area contributed by atoms with Gasteiger partial charge in [-0.25, -0.2) is 14.8 Å². The number of aryl methyl sites for hydroxylation is 2. The lowest BCUT2D eigenvalue weighted by Gasteiger charge is -2.47. The van der Waals surface area contributed by atoms with E-state index in [2.05, 4.69) is 28.6 Å². The minimum absolute atomic E-state index is 0.0313. The Labute approximate surface area is 241 Å². The van der Waals surface area contributed by atoms with Crippen LogP contribution in [-0.4, -0.2) is 75.5 Å². The number of carbonyl (C=O) groups excluding carboxylic acids is 2. The third-order valence-corrected chi connectivity index (χ3v) is 9.22. The van der Waals surface area contributed by atoms with Crippen molar-refractivity contribution in [3.05, 3.63) is 46.4 Å². The largest absolute Gasteiger partial charge is 0.478 e. The van der Waals surface area contributed by atoms with Crippen molar-refractivity contribution in [2.45, 2.75) is 84.2 Å². The van der Waals surface area contributed by atoms with Gasteiger partial charge in [0.1, 0.15) is 11.5 Å². The molecule has 220 valence electrons. The molecule has 0 bridgehead atoms. The fourth-order valence-corrected chi connectivity index (χ4v) is 7.05. The highest BCUT2D eigenvalue weighted by molar-refractivity contribution is 5.94. The van der Waals surface area contributed by atoms with Gasteiger partial charge in [0.25, 0.3) is 5.91 Å². The molecule has 3 N–H and O–H groups in total. The fraction of sp³-hybridized carbons (Fsp3) is 0.581. The minimum atomic E-state index is -0.974. The summed E-state index contributed by atoms with van der Waals surface area (Å²) in [6, 6.07) is 6.06. The van der Waals surface area contributed by atoms with E-state index in [0.29, 0.717) is 42.6 Å². The van der Waals surface area contributed by atoms with Gasteiger partial charge in [-0.15, -0.1) is 0 Å². The number of nitrogens with zero attached hydrogens (tertiary/aromatic N) is 5. The molecule has 2 amide bonds. The highest BCUT2D eigenvalue weighted by Crippen LogP contribution is 2.43. The van der Waals surface area contributed by atoms with Gasteiger partial charge >= 0.3 is 5.97 Å². The second-order valence-corrected chi connectivity index (χ2v) is 13.2. The quantitative estimate of drug-likeness (QED) is 0.564. The van der Waals surface area contributed by atoms with Crippen LogP contribution < -0.4 is 15.5 Å². The predicted molar refractivity (Wildman–Crippen MR) is 158 cm³/mol. The maximum atomic E-state index is 13.9. The standard InChI is InChI=1S/C31H42N6O4/c1-18-15-24(33-19(2)25(18)29(40)41)35-13-14-37(31(5,6)17-35)28(39)22-11-12-23-26(34-22)30(3,4)16-36(23)21-9-7-20(8-10-21)27(32)38/h11-12,15,20-21H,7-10,13-14,16-17H2,1-6H3,(H2,32,38)(H,40,41). The zero-order chi connectivity index (χ0) is 29.9. The summed E-state index contributed by atoms with van der Waals surface area (Å²) in [5.41, 5.74) is 8.74. The van der Waals surface area contributed by atoms with Crippen LogP contribution in [0.1, 0.15) is 91.2 Å². The molecule has 0 aromatic carbocycles. The van der Waals surface area contributed by atoms with Crippen LogP contribution in [0.2, 0.25) is 0 Å². The number of aromatic carboxylic acids is 1. The summed E-state index contributed by atoms with van der Waals surface area (Å²) in [6.45, 7) is 14.4. The van der Waals surface area contributed by atoms with E-state index in [4.69, 9.17) is 10.7 Å². The molecule has 2 fully saturated rings. The van der Waals surface area contributed by atoms with Gasteiger partial charge in [-0.2, -0.15) is 0 Å². The number of amides is 2. The Bertz CT molecular complexity index is 1370. The van der Waals surface area contributed by atoms with Gasteiger partial charge in [0.05, 0.1) is 28.2 Å². The molecule has 10 heteroatoms. The van der Waals surface area contributed by atoms with Crippen LogP contribution in [0.4, 0.5) is 11.5 Å². The Balaban J connectivity index is 1.34. The van der Waals surface area contributed by atoms with E-state index in [1.807, 2.05) is 36.9 Å². The van der Waals surface area contributed by atoms with Crippen LogP contribution in [0.15, 0.2) is 18.2 Å². The number of aromatic nitrogens is 2. The number of carbonyl (C=O) groups is 3. The summed E-state index contributed by atoms with van der Waals surface area (Å²) in [5, 5.41) is 9.51. The van der Waals surface area contributed by atoms with Gasteiger partial charge in [0.15, 0.2) is 0 Å². The number of rotatable bonds is 5. The van der Waals surface area contributed by atoms with Gasteiger partial charge in [0.2, 0.25) is 5.91 Å². The third kappa shape index (κ3) is 5.24. The number of anilines is 2. The second kappa shape index (κ2) is 10.3. The number of primary amides is 1. The van der Waals surface area contributed by atoms with Crippen molar-refractivity contribution >= 4 is 29.3 Å². The minimum Gasteiger partial charge on any atom is -0.478 e. The number of piperazine rings is 1. The van der Waals surface area contributed by atoms with Gasteiger partial charge in [-0.1, -0.05) is 13.8 Å². The van der Waals surface area contributed by atoms with E-state index in [1.165, 1.54) is 0 Å². The molecule has 10 nitrogen and oxygen atoms in total. The molecular weight excluding hydrogens is 520 g/mol. The van der Waals surface area contributed by atoms with Gasteiger partial charge in [-0.3, -0.25) is 9.59 Å². The summed E-state index contributed by atoms with van der Waals surface area (Å²) >= 11 is 0. The molecule has 0 spiro atoms. The summed E-state index contributed by atoms with van der Waals surface area (Å²) < 4.78 is 0. The zero-order valence-corrected chi connectivity index (χ0v) is 25.0. The highest BCUT2D eigenvalue weighted by Gasteiger charge is 2.43. The fourth-order valence-electron chi connectivity index (χ4n) is 7.05. The smallest absolute Gasteiger partial charge is 0.337 e. The number of carboxylic acid groups (broad SMARTS) is 1. The number of pyridine rings is 2. The first kappa shape index (κ1) is 28.8. The van der Waals surface area contributed by atoms with Crippen molar-refractivity contribution in [1.82, 2.24) is 14.9 Å². The topological polar surface area (TPSA) is 133 Å². The molecule has 1 saturated heterocycles. The van der Waals surface area contributed by atoms with Crippen LogP contribution in [0.25, 0.3) is 0 Å². The number of hydrogen-bond donors (Lipinski definition) is 2.